The third-order valence-corrected chi connectivity index (χ3v) is 5.13. The Hall–Kier alpha value is -2.47. The first-order valence-corrected chi connectivity index (χ1v) is 9.16. The van der Waals surface area contributed by atoms with Crippen LogP contribution < -0.4 is 4.90 Å². The number of morpholine rings is 1. The van der Waals surface area contributed by atoms with Crippen molar-refractivity contribution in [3.63, 3.8) is 0 Å². The van der Waals surface area contributed by atoms with E-state index in [0.29, 0.717) is 26.3 Å². The molecule has 1 amide bonds. The summed E-state index contributed by atoms with van der Waals surface area (Å²) in [4.78, 5) is 26.3. The molecule has 136 valence electrons. The molecular weight excluding hydrogens is 328 g/mol. The second kappa shape index (κ2) is 7.03. The third-order valence-electron chi connectivity index (χ3n) is 5.13. The van der Waals surface area contributed by atoms with Crippen LogP contribution in [0.3, 0.4) is 0 Å². The van der Waals surface area contributed by atoms with Gasteiger partial charge >= 0.3 is 0 Å². The van der Waals surface area contributed by atoms with Gasteiger partial charge in [0, 0.05) is 31.4 Å². The number of rotatable bonds is 2. The molecule has 1 aromatic carbocycles. The van der Waals surface area contributed by atoms with Crippen LogP contribution >= 0.6 is 0 Å². The van der Waals surface area contributed by atoms with E-state index in [4.69, 9.17) is 9.72 Å². The number of nitrogens with zero attached hydrogens (tertiary/aromatic N) is 4. The quantitative estimate of drug-likeness (QED) is 0.829. The van der Waals surface area contributed by atoms with Crippen molar-refractivity contribution < 1.29 is 9.53 Å². The first-order chi connectivity index (χ1) is 12.6. The third kappa shape index (κ3) is 3.29. The molecule has 3 heterocycles. The number of ether oxygens (including phenoxy) is 1. The van der Waals surface area contributed by atoms with Crippen LogP contribution in [0, 0.1) is 13.8 Å². The average molecular weight is 352 g/mol. The average Bonchev–Trinajstić information content (AvgIpc) is 2.67. The van der Waals surface area contributed by atoms with Crippen LogP contribution in [-0.4, -0.2) is 53.6 Å². The minimum absolute atomic E-state index is 0.0830. The number of hydrogen-bond acceptors (Lipinski definition) is 5. The molecule has 0 N–H and O–H groups in total. The lowest BCUT2D eigenvalue weighted by Crippen LogP contribution is -2.39. The number of aryl methyl sites for hydroxylation is 2. The van der Waals surface area contributed by atoms with Gasteiger partial charge in [-0.25, -0.2) is 9.97 Å². The number of fused-ring (bicyclic) bond motifs is 1. The molecular formula is C20H24N4O2. The Morgan fingerprint density at radius 2 is 1.96 bits per heavy atom. The lowest BCUT2D eigenvalue weighted by molar-refractivity contribution is 0.0731. The predicted molar refractivity (Wildman–Crippen MR) is 99.4 cm³/mol. The van der Waals surface area contributed by atoms with Crippen molar-refractivity contribution in [3.8, 4) is 0 Å². The van der Waals surface area contributed by atoms with Gasteiger partial charge in [-0.3, -0.25) is 4.79 Å². The topological polar surface area (TPSA) is 58.6 Å². The fourth-order valence-electron chi connectivity index (χ4n) is 3.61. The van der Waals surface area contributed by atoms with E-state index in [1.165, 1.54) is 5.56 Å². The van der Waals surface area contributed by atoms with E-state index in [9.17, 15) is 4.79 Å². The highest BCUT2D eigenvalue weighted by Crippen LogP contribution is 2.22. The van der Waals surface area contributed by atoms with Gasteiger partial charge in [-0.05, 0) is 37.5 Å². The number of amides is 1. The molecule has 0 radical (unpaired) electrons. The molecule has 0 saturated carbocycles. The number of carbonyl (C=O) groups is 1. The lowest BCUT2D eigenvalue weighted by atomic mass is 10.0. The van der Waals surface area contributed by atoms with E-state index in [0.717, 1.165) is 47.8 Å². The molecule has 26 heavy (non-hydrogen) atoms. The van der Waals surface area contributed by atoms with Crippen molar-refractivity contribution >= 4 is 11.9 Å². The summed E-state index contributed by atoms with van der Waals surface area (Å²) in [5, 5.41) is 0. The van der Waals surface area contributed by atoms with Crippen LogP contribution in [0.25, 0.3) is 0 Å². The zero-order chi connectivity index (χ0) is 18.1. The van der Waals surface area contributed by atoms with E-state index in [1.54, 1.807) is 0 Å². The number of aromatic nitrogens is 2. The van der Waals surface area contributed by atoms with Gasteiger partial charge in [-0.1, -0.05) is 17.7 Å². The van der Waals surface area contributed by atoms with Crippen LogP contribution in [0.4, 0.5) is 5.95 Å². The van der Waals surface area contributed by atoms with Crippen molar-refractivity contribution in [1.29, 1.82) is 0 Å². The summed E-state index contributed by atoms with van der Waals surface area (Å²) >= 11 is 0. The summed E-state index contributed by atoms with van der Waals surface area (Å²) in [5.41, 5.74) is 5.09. The molecule has 2 aliphatic heterocycles. The Morgan fingerprint density at radius 3 is 2.73 bits per heavy atom. The zero-order valence-electron chi connectivity index (χ0n) is 15.4. The minimum atomic E-state index is 0.0830. The maximum atomic E-state index is 13.0. The van der Waals surface area contributed by atoms with E-state index >= 15 is 0 Å². The monoisotopic (exact) mass is 352 g/mol. The molecule has 2 aromatic rings. The van der Waals surface area contributed by atoms with Crippen molar-refractivity contribution in [3.05, 3.63) is 52.3 Å². The van der Waals surface area contributed by atoms with E-state index in [2.05, 4.69) is 16.0 Å². The highest BCUT2D eigenvalue weighted by Gasteiger charge is 2.25. The molecule has 0 aliphatic carbocycles. The number of hydrogen-bond donors (Lipinski definition) is 0. The molecule has 6 heteroatoms. The standard InChI is InChI=1S/C20H24N4O2/c1-14-3-4-17(15(2)11-14)19(25)24-6-5-16-12-21-20(22-18(16)13-24)23-7-9-26-10-8-23/h3-4,11-12H,5-10,13H2,1-2H3. The summed E-state index contributed by atoms with van der Waals surface area (Å²) < 4.78 is 5.40. The van der Waals surface area contributed by atoms with Crippen molar-refractivity contribution in [1.82, 2.24) is 14.9 Å². The van der Waals surface area contributed by atoms with Crippen LogP contribution in [0.1, 0.15) is 32.7 Å². The molecule has 1 aromatic heterocycles. The summed E-state index contributed by atoms with van der Waals surface area (Å²) in [6.45, 7) is 8.32. The highest BCUT2D eigenvalue weighted by molar-refractivity contribution is 5.95. The molecule has 1 saturated heterocycles. The zero-order valence-corrected chi connectivity index (χ0v) is 15.4. The van der Waals surface area contributed by atoms with Crippen molar-refractivity contribution in [2.75, 3.05) is 37.7 Å². The molecule has 0 spiro atoms. The Labute approximate surface area is 153 Å². The molecule has 1 fully saturated rings. The second-order valence-electron chi connectivity index (χ2n) is 7.04. The Balaban J connectivity index is 1.55. The molecule has 6 nitrogen and oxygen atoms in total. The van der Waals surface area contributed by atoms with Gasteiger partial charge in [0.1, 0.15) is 0 Å². The Morgan fingerprint density at radius 1 is 1.15 bits per heavy atom. The number of benzene rings is 1. The smallest absolute Gasteiger partial charge is 0.254 e. The van der Waals surface area contributed by atoms with Gasteiger partial charge in [0.15, 0.2) is 0 Å². The summed E-state index contributed by atoms with van der Waals surface area (Å²) in [5.74, 6) is 0.826. The van der Waals surface area contributed by atoms with E-state index < -0.39 is 0 Å². The molecule has 0 atom stereocenters. The second-order valence-corrected chi connectivity index (χ2v) is 7.04. The van der Waals surface area contributed by atoms with Crippen LogP contribution in [0.5, 0.6) is 0 Å². The SMILES string of the molecule is Cc1ccc(C(=O)N2CCc3cnc(N4CCOCC4)nc3C2)c(C)c1. The van der Waals surface area contributed by atoms with Gasteiger partial charge in [-0.15, -0.1) is 0 Å². The largest absolute Gasteiger partial charge is 0.378 e. The summed E-state index contributed by atoms with van der Waals surface area (Å²) in [7, 11) is 0. The summed E-state index contributed by atoms with van der Waals surface area (Å²) in [6.07, 6.45) is 2.72. The maximum absolute atomic E-state index is 13.0. The van der Waals surface area contributed by atoms with E-state index in [1.807, 2.05) is 37.1 Å². The molecule has 2 aliphatic rings. The first kappa shape index (κ1) is 17.0. The van der Waals surface area contributed by atoms with Gasteiger partial charge in [0.05, 0.1) is 25.5 Å². The van der Waals surface area contributed by atoms with Crippen molar-refractivity contribution in [2.45, 2.75) is 26.8 Å². The van der Waals surface area contributed by atoms with Gasteiger partial charge < -0.3 is 14.5 Å². The van der Waals surface area contributed by atoms with Crippen LogP contribution in [-0.2, 0) is 17.7 Å². The van der Waals surface area contributed by atoms with Crippen LogP contribution in [0.2, 0.25) is 0 Å². The number of carbonyl (C=O) groups excluding carboxylic acids is 1. The van der Waals surface area contributed by atoms with Crippen molar-refractivity contribution in [2.24, 2.45) is 0 Å². The van der Waals surface area contributed by atoms with Gasteiger partial charge in [0.25, 0.3) is 5.91 Å². The lowest BCUT2D eigenvalue weighted by Gasteiger charge is -2.31. The fraction of sp³-hybridized carbons (Fsp3) is 0.450. The highest BCUT2D eigenvalue weighted by atomic mass is 16.5. The minimum Gasteiger partial charge on any atom is -0.378 e. The van der Waals surface area contributed by atoms with Gasteiger partial charge in [-0.2, -0.15) is 0 Å². The fourth-order valence-corrected chi connectivity index (χ4v) is 3.61. The van der Waals surface area contributed by atoms with E-state index in [-0.39, 0.29) is 5.91 Å². The first-order valence-electron chi connectivity index (χ1n) is 9.16. The number of anilines is 1. The normalized spacial score (nSPS) is 17.2. The maximum Gasteiger partial charge on any atom is 0.254 e. The summed E-state index contributed by atoms with van der Waals surface area (Å²) in [6, 6.07) is 5.99. The molecule has 0 bridgehead atoms. The van der Waals surface area contributed by atoms with Crippen LogP contribution in [0.15, 0.2) is 24.4 Å². The van der Waals surface area contributed by atoms with Gasteiger partial charge in [0.2, 0.25) is 5.95 Å². The molecule has 4 rings (SSSR count). The molecule has 0 unspecified atom stereocenters. The predicted octanol–water partition coefficient (Wildman–Crippen LogP) is 2.13. The Bertz CT molecular complexity index is 831. The Kier molecular flexibility index (Phi) is 4.59.